The third-order valence-electron chi connectivity index (χ3n) is 3.29. The van der Waals surface area contributed by atoms with Crippen molar-refractivity contribution in [3.05, 3.63) is 12.7 Å². The van der Waals surface area contributed by atoms with Gasteiger partial charge < -0.3 is 15.0 Å². The number of nitrogen functional groups attached to an aromatic ring is 1. The van der Waals surface area contributed by atoms with Gasteiger partial charge in [0.25, 0.3) is 0 Å². The number of nitrogens with two attached hydrogens (primary N) is 1. The Hall–Kier alpha value is -1.89. The summed E-state index contributed by atoms with van der Waals surface area (Å²) >= 11 is 0. The van der Waals surface area contributed by atoms with Crippen LogP contribution in [0.25, 0.3) is 11.2 Å². The molecule has 2 aromatic rings. The molecule has 0 aliphatic carbocycles. The van der Waals surface area contributed by atoms with Crippen LogP contribution in [0.15, 0.2) is 12.7 Å². The molecular weight excluding hydrogens is 335 g/mol. The van der Waals surface area contributed by atoms with Crippen molar-refractivity contribution in [3.63, 3.8) is 0 Å². The molecule has 3 N–H and O–H groups in total. The Labute approximate surface area is 140 Å². The molecule has 0 saturated heterocycles. The van der Waals surface area contributed by atoms with E-state index in [2.05, 4.69) is 15.0 Å². The Morgan fingerprint density at radius 3 is 3.00 bits per heavy atom. The molecule has 0 radical (unpaired) electrons. The van der Waals surface area contributed by atoms with E-state index in [4.69, 9.17) is 24.8 Å². The zero-order chi connectivity index (χ0) is 17.4. The first-order chi connectivity index (χ1) is 11.7. The molecule has 0 spiro atoms. The number of ether oxygens (including phenoxy) is 1. The lowest BCUT2D eigenvalue weighted by molar-refractivity contribution is 0.0417. The van der Waals surface area contributed by atoms with Crippen molar-refractivity contribution >= 4 is 25.6 Å². The molecule has 130 valence electrons. The maximum Gasteiger partial charge on any atom is 0.395 e. The van der Waals surface area contributed by atoms with Crippen molar-refractivity contribution in [3.8, 4) is 6.07 Å². The number of fused-ring (bicyclic) bond motifs is 1. The quantitative estimate of drug-likeness (QED) is 0.465. The minimum Gasteiger partial charge on any atom is -0.382 e. The van der Waals surface area contributed by atoms with Crippen LogP contribution in [0.2, 0.25) is 0 Å². The molecule has 0 saturated carbocycles. The molecule has 2 atom stereocenters. The molecule has 24 heavy (non-hydrogen) atoms. The van der Waals surface area contributed by atoms with Crippen molar-refractivity contribution in [2.45, 2.75) is 25.5 Å². The summed E-state index contributed by atoms with van der Waals surface area (Å²) in [5, 5.41) is 8.40. The van der Waals surface area contributed by atoms with Gasteiger partial charge in [0, 0.05) is 13.7 Å². The largest absolute Gasteiger partial charge is 0.395 e. The van der Waals surface area contributed by atoms with Crippen LogP contribution in [0, 0.1) is 11.3 Å². The van der Waals surface area contributed by atoms with Crippen LogP contribution in [0.4, 0.5) is 5.82 Å². The van der Waals surface area contributed by atoms with E-state index < -0.39 is 8.60 Å². The summed E-state index contributed by atoms with van der Waals surface area (Å²) in [5.74, 6) is 0.340. The predicted molar refractivity (Wildman–Crippen MR) is 87.8 cm³/mol. The number of rotatable bonds is 10. The fourth-order valence-corrected chi connectivity index (χ4v) is 2.69. The van der Waals surface area contributed by atoms with Crippen molar-refractivity contribution in [2.75, 3.05) is 26.1 Å². The Balaban J connectivity index is 1.82. The summed E-state index contributed by atoms with van der Waals surface area (Å²) in [4.78, 5) is 21.9. The average Bonchev–Trinajstić information content (AvgIpc) is 3.00. The van der Waals surface area contributed by atoms with E-state index in [0.717, 1.165) is 0 Å². The van der Waals surface area contributed by atoms with Crippen molar-refractivity contribution < 1.29 is 18.7 Å². The van der Waals surface area contributed by atoms with Crippen molar-refractivity contribution in [2.24, 2.45) is 0 Å². The minimum absolute atomic E-state index is 0.154. The van der Waals surface area contributed by atoms with E-state index in [9.17, 15) is 4.89 Å². The number of hydrogen-bond donors (Lipinski definition) is 2. The predicted octanol–water partition coefficient (Wildman–Crippen LogP) is 0.712. The molecular formula is C13H20N6O4P+. The second-order valence-electron chi connectivity index (χ2n) is 4.85. The minimum atomic E-state index is -2.37. The van der Waals surface area contributed by atoms with Crippen LogP contribution >= 0.6 is 8.60 Å². The first kappa shape index (κ1) is 18.4. The first-order valence-corrected chi connectivity index (χ1v) is 8.54. The summed E-state index contributed by atoms with van der Waals surface area (Å²) in [6.45, 7) is 0.941. The number of anilines is 1. The van der Waals surface area contributed by atoms with Gasteiger partial charge in [-0.3, -0.25) is 0 Å². The maximum atomic E-state index is 9.59. The summed E-state index contributed by atoms with van der Waals surface area (Å²) in [6.07, 6.45) is 3.65. The smallest absolute Gasteiger partial charge is 0.382 e. The Kier molecular flexibility index (Phi) is 7.24. The lowest BCUT2D eigenvalue weighted by atomic mass is 10.2. The van der Waals surface area contributed by atoms with Gasteiger partial charge in [-0.05, 0) is 6.42 Å². The lowest BCUT2D eigenvalue weighted by Gasteiger charge is -2.14. The lowest BCUT2D eigenvalue weighted by Crippen LogP contribution is -2.19. The number of hydrogen-bond acceptors (Lipinski definition) is 9. The molecule has 11 heteroatoms. The highest BCUT2D eigenvalue weighted by atomic mass is 31.2. The van der Waals surface area contributed by atoms with E-state index >= 15 is 0 Å². The summed E-state index contributed by atoms with van der Waals surface area (Å²) < 4.78 is 17.5. The molecule has 0 aliphatic rings. The van der Waals surface area contributed by atoms with Gasteiger partial charge >= 0.3 is 8.60 Å². The Bertz CT molecular complexity index is 691. The van der Waals surface area contributed by atoms with E-state index in [0.29, 0.717) is 29.9 Å². The SMILES string of the molecule is CO[C@@H](CCn1cnc2c(N)ncnc21)CO[PH+](O)OCCC#N. The number of aryl methyl sites for hydroxylation is 1. The fourth-order valence-electron chi connectivity index (χ4n) is 2.00. The van der Waals surface area contributed by atoms with Crippen molar-refractivity contribution in [1.82, 2.24) is 19.5 Å². The van der Waals surface area contributed by atoms with E-state index in [1.165, 1.54) is 6.33 Å². The first-order valence-electron chi connectivity index (χ1n) is 7.28. The van der Waals surface area contributed by atoms with Gasteiger partial charge in [0.2, 0.25) is 0 Å². The van der Waals surface area contributed by atoms with E-state index in [1.54, 1.807) is 13.4 Å². The number of imidazole rings is 1. The average molecular weight is 355 g/mol. The van der Waals surface area contributed by atoms with Crippen molar-refractivity contribution in [1.29, 1.82) is 5.26 Å². The highest BCUT2D eigenvalue weighted by Crippen LogP contribution is 2.33. The van der Waals surface area contributed by atoms with Crippen LogP contribution in [0.1, 0.15) is 12.8 Å². The molecule has 10 nitrogen and oxygen atoms in total. The van der Waals surface area contributed by atoms with Gasteiger partial charge in [-0.15, -0.1) is 0 Å². The second-order valence-corrected chi connectivity index (χ2v) is 5.96. The molecule has 2 aromatic heterocycles. The van der Waals surface area contributed by atoms with Gasteiger partial charge in [0.15, 0.2) is 11.5 Å². The number of aromatic nitrogens is 4. The molecule has 1 unspecified atom stereocenters. The van der Waals surface area contributed by atoms with Crippen LogP contribution in [0.3, 0.4) is 0 Å². The van der Waals surface area contributed by atoms with Crippen LogP contribution < -0.4 is 5.73 Å². The van der Waals surface area contributed by atoms with Crippen LogP contribution in [-0.4, -0.2) is 50.8 Å². The van der Waals surface area contributed by atoms with Gasteiger partial charge in [0.1, 0.15) is 25.1 Å². The zero-order valence-corrected chi connectivity index (χ0v) is 14.3. The number of nitriles is 1. The zero-order valence-electron chi connectivity index (χ0n) is 13.3. The molecule has 0 bridgehead atoms. The Morgan fingerprint density at radius 1 is 1.42 bits per heavy atom. The third-order valence-corrected chi connectivity index (χ3v) is 4.15. The van der Waals surface area contributed by atoms with E-state index in [-0.39, 0.29) is 25.7 Å². The second kappa shape index (κ2) is 9.42. The summed E-state index contributed by atoms with van der Waals surface area (Å²) in [7, 11) is -0.796. The summed E-state index contributed by atoms with van der Waals surface area (Å²) in [5.41, 5.74) is 6.97. The Morgan fingerprint density at radius 2 is 2.25 bits per heavy atom. The monoisotopic (exact) mass is 355 g/mol. The van der Waals surface area contributed by atoms with Gasteiger partial charge in [-0.2, -0.15) is 19.2 Å². The molecule has 2 rings (SSSR count). The standard InChI is InChI=1S/C13H20N6O4P/c1-21-10(7-23-24(20)22-6-2-4-14)3-5-19-9-18-11-12(15)16-8-17-13(11)19/h8-10,20,24H,2-3,5-7H2,1H3,(H2,15,16,17)/q+1/t10-/m0/s1. The molecule has 0 amide bonds. The van der Waals surface area contributed by atoms with Gasteiger partial charge in [-0.25, -0.2) is 15.0 Å². The molecule has 2 heterocycles. The highest BCUT2D eigenvalue weighted by molar-refractivity contribution is 7.40. The van der Waals surface area contributed by atoms with Gasteiger partial charge in [-0.1, -0.05) is 0 Å². The number of nitrogens with zero attached hydrogens (tertiary/aromatic N) is 5. The number of methoxy groups -OCH3 is 1. The van der Waals surface area contributed by atoms with Gasteiger partial charge in [0.05, 0.1) is 24.9 Å². The fraction of sp³-hybridized carbons (Fsp3) is 0.538. The summed E-state index contributed by atoms with van der Waals surface area (Å²) in [6, 6.07) is 1.93. The van der Waals surface area contributed by atoms with E-state index in [1.807, 2.05) is 10.6 Å². The highest BCUT2D eigenvalue weighted by Gasteiger charge is 2.19. The van der Waals surface area contributed by atoms with Crippen LogP contribution in [0.5, 0.6) is 0 Å². The normalized spacial score (nSPS) is 13.7. The van der Waals surface area contributed by atoms with Crippen LogP contribution in [-0.2, 0) is 20.3 Å². The molecule has 0 aliphatic heterocycles. The molecule has 0 fully saturated rings. The molecule has 0 aromatic carbocycles. The maximum absolute atomic E-state index is 9.59. The third kappa shape index (κ3) is 5.06. The topological polar surface area (TPSA) is 141 Å².